The van der Waals surface area contributed by atoms with E-state index in [2.05, 4.69) is 45.5 Å². The highest BCUT2D eigenvalue weighted by atomic mass is 79.9. The fourth-order valence-corrected chi connectivity index (χ4v) is 3.03. The maximum Gasteiger partial charge on any atom is 0.0701 e. The number of thiophene rings is 1. The smallest absolute Gasteiger partial charge is 0.0701 e. The number of nitrogens with one attached hydrogen (secondary N) is 1. The Kier molecular flexibility index (Phi) is 4.20. The number of hydrogen-bond donors (Lipinski definition) is 2. The fourth-order valence-electron chi connectivity index (χ4n) is 1.58. The highest BCUT2D eigenvalue weighted by molar-refractivity contribution is 9.11. The normalized spacial score (nSPS) is 10.7. The Hall–Kier alpha value is -0.840. The third-order valence-electron chi connectivity index (χ3n) is 2.60. The number of benzene rings is 1. The molecule has 0 fully saturated rings. The van der Waals surface area contributed by atoms with Crippen LogP contribution in [0.4, 0.5) is 5.69 Å². The van der Waals surface area contributed by atoms with Crippen LogP contribution in [-0.4, -0.2) is 0 Å². The Bertz CT molecular complexity index is 508. The number of anilines is 1. The lowest BCUT2D eigenvalue weighted by molar-refractivity contribution is 0.701. The summed E-state index contributed by atoms with van der Waals surface area (Å²) in [6.07, 6.45) is 0. The minimum atomic E-state index is 0.847. The molecule has 0 aliphatic rings. The summed E-state index contributed by atoms with van der Waals surface area (Å²) >= 11 is 5.22. The van der Waals surface area contributed by atoms with E-state index in [1.165, 1.54) is 14.2 Å². The van der Waals surface area contributed by atoms with Crippen molar-refractivity contribution in [1.29, 1.82) is 0 Å². The Balaban J connectivity index is 1.87. The summed E-state index contributed by atoms with van der Waals surface area (Å²) in [4.78, 5) is 1.33. The lowest BCUT2D eigenvalue weighted by Crippen LogP contribution is -2.12. The summed E-state index contributed by atoms with van der Waals surface area (Å²) < 4.78 is 1.17. The van der Waals surface area contributed by atoms with Crippen LogP contribution in [0.2, 0.25) is 0 Å². The Morgan fingerprint density at radius 2 is 2.06 bits per heavy atom. The molecular weight excluding hydrogens is 296 g/mol. The minimum Gasteiger partial charge on any atom is -0.399 e. The van der Waals surface area contributed by atoms with Crippen molar-refractivity contribution in [3.8, 4) is 0 Å². The highest BCUT2D eigenvalue weighted by Gasteiger charge is 1.99. The minimum absolute atomic E-state index is 0.847. The van der Waals surface area contributed by atoms with Gasteiger partial charge in [-0.1, -0.05) is 12.1 Å². The van der Waals surface area contributed by atoms with Crippen LogP contribution < -0.4 is 11.1 Å². The number of aryl methyl sites for hydroxylation is 1. The fraction of sp³-hybridized carbons (Fsp3) is 0.231. The van der Waals surface area contributed by atoms with Crippen LogP contribution in [0.5, 0.6) is 0 Å². The standard InChI is InChI=1S/C13H15BrN2S/c1-9-2-3-10(6-12(9)15)7-16-8-11-4-5-13(14)17-11/h2-6,16H,7-8,15H2,1H3. The van der Waals surface area contributed by atoms with Gasteiger partial charge in [0.25, 0.3) is 0 Å². The number of nitrogen functional groups attached to an aromatic ring is 1. The van der Waals surface area contributed by atoms with E-state index in [4.69, 9.17) is 5.73 Å². The zero-order valence-electron chi connectivity index (χ0n) is 9.66. The molecule has 0 aliphatic carbocycles. The summed E-state index contributed by atoms with van der Waals surface area (Å²) in [5.41, 5.74) is 9.10. The molecule has 2 aromatic rings. The van der Waals surface area contributed by atoms with E-state index in [0.29, 0.717) is 0 Å². The maximum atomic E-state index is 5.87. The van der Waals surface area contributed by atoms with Crippen molar-refractivity contribution in [2.45, 2.75) is 20.0 Å². The van der Waals surface area contributed by atoms with Gasteiger partial charge >= 0.3 is 0 Å². The first kappa shape index (κ1) is 12.6. The Morgan fingerprint density at radius 1 is 1.24 bits per heavy atom. The van der Waals surface area contributed by atoms with Gasteiger partial charge in [0.2, 0.25) is 0 Å². The molecule has 3 N–H and O–H groups in total. The quantitative estimate of drug-likeness (QED) is 0.845. The summed E-state index contributed by atoms with van der Waals surface area (Å²) in [5.74, 6) is 0. The first-order valence-electron chi connectivity index (χ1n) is 5.45. The molecule has 2 nitrogen and oxygen atoms in total. The summed E-state index contributed by atoms with van der Waals surface area (Å²) in [6, 6.07) is 10.4. The zero-order valence-corrected chi connectivity index (χ0v) is 12.1. The van der Waals surface area contributed by atoms with Crippen molar-refractivity contribution >= 4 is 33.0 Å². The molecule has 1 aromatic carbocycles. The van der Waals surface area contributed by atoms with Crippen molar-refractivity contribution in [2.75, 3.05) is 5.73 Å². The molecule has 0 atom stereocenters. The van der Waals surface area contributed by atoms with E-state index in [-0.39, 0.29) is 0 Å². The molecule has 1 aromatic heterocycles. The molecular formula is C13H15BrN2S. The predicted molar refractivity (Wildman–Crippen MR) is 78.2 cm³/mol. The van der Waals surface area contributed by atoms with Crippen LogP contribution in [0.15, 0.2) is 34.1 Å². The largest absolute Gasteiger partial charge is 0.399 e. The molecule has 0 spiro atoms. The number of hydrogen-bond acceptors (Lipinski definition) is 3. The van der Waals surface area contributed by atoms with Crippen molar-refractivity contribution < 1.29 is 0 Å². The van der Waals surface area contributed by atoms with Crippen LogP contribution in [-0.2, 0) is 13.1 Å². The molecule has 0 bridgehead atoms. The molecule has 0 saturated heterocycles. The maximum absolute atomic E-state index is 5.87. The average Bonchev–Trinajstić information content (AvgIpc) is 2.70. The van der Waals surface area contributed by atoms with E-state index in [9.17, 15) is 0 Å². The van der Waals surface area contributed by atoms with Crippen molar-refractivity contribution in [3.63, 3.8) is 0 Å². The molecule has 90 valence electrons. The van der Waals surface area contributed by atoms with E-state index in [1.54, 1.807) is 11.3 Å². The molecule has 4 heteroatoms. The zero-order chi connectivity index (χ0) is 12.3. The molecule has 0 saturated carbocycles. The molecule has 0 amide bonds. The second kappa shape index (κ2) is 5.67. The second-order valence-electron chi connectivity index (χ2n) is 4.00. The topological polar surface area (TPSA) is 38.0 Å². The molecule has 2 rings (SSSR count). The highest BCUT2D eigenvalue weighted by Crippen LogP contribution is 2.21. The predicted octanol–water partition coefficient (Wildman–Crippen LogP) is 3.69. The number of rotatable bonds is 4. The molecule has 17 heavy (non-hydrogen) atoms. The summed E-state index contributed by atoms with van der Waals surface area (Å²) in [6.45, 7) is 3.76. The first-order chi connectivity index (χ1) is 8.15. The lowest BCUT2D eigenvalue weighted by Gasteiger charge is -2.06. The summed E-state index contributed by atoms with van der Waals surface area (Å²) in [5, 5.41) is 3.41. The van der Waals surface area contributed by atoms with Crippen LogP contribution in [0.25, 0.3) is 0 Å². The number of halogens is 1. The monoisotopic (exact) mass is 310 g/mol. The van der Waals surface area contributed by atoms with Crippen LogP contribution in [0.3, 0.4) is 0 Å². The molecule has 0 radical (unpaired) electrons. The van der Waals surface area contributed by atoms with Gasteiger partial charge in [-0.25, -0.2) is 0 Å². The first-order valence-corrected chi connectivity index (χ1v) is 7.06. The van der Waals surface area contributed by atoms with E-state index >= 15 is 0 Å². The average molecular weight is 311 g/mol. The van der Waals surface area contributed by atoms with Crippen molar-refractivity contribution in [2.24, 2.45) is 0 Å². The Labute approximate surface area is 114 Å². The Morgan fingerprint density at radius 3 is 2.71 bits per heavy atom. The number of nitrogens with two attached hydrogens (primary N) is 1. The van der Waals surface area contributed by atoms with E-state index in [1.807, 2.05) is 13.0 Å². The molecule has 1 heterocycles. The van der Waals surface area contributed by atoms with E-state index < -0.39 is 0 Å². The lowest BCUT2D eigenvalue weighted by atomic mass is 10.1. The summed E-state index contributed by atoms with van der Waals surface area (Å²) in [7, 11) is 0. The van der Waals surface area contributed by atoms with Crippen LogP contribution in [0.1, 0.15) is 16.0 Å². The second-order valence-corrected chi connectivity index (χ2v) is 6.55. The van der Waals surface area contributed by atoms with Crippen molar-refractivity contribution in [1.82, 2.24) is 5.32 Å². The van der Waals surface area contributed by atoms with Gasteiger partial charge in [0.05, 0.1) is 3.79 Å². The van der Waals surface area contributed by atoms with Crippen LogP contribution >= 0.6 is 27.3 Å². The third kappa shape index (κ3) is 3.56. The van der Waals surface area contributed by atoms with Crippen molar-refractivity contribution in [3.05, 3.63) is 50.1 Å². The van der Waals surface area contributed by atoms with Gasteiger partial charge in [-0.2, -0.15) is 0 Å². The van der Waals surface area contributed by atoms with Gasteiger partial charge in [-0.3, -0.25) is 0 Å². The van der Waals surface area contributed by atoms with Gasteiger partial charge in [0.15, 0.2) is 0 Å². The van der Waals surface area contributed by atoms with Gasteiger partial charge < -0.3 is 11.1 Å². The van der Waals surface area contributed by atoms with Gasteiger partial charge in [0, 0.05) is 23.7 Å². The van der Waals surface area contributed by atoms with Gasteiger partial charge in [-0.15, -0.1) is 11.3 Å². The van der Waals surface area contributed by atoms with Crippen LogP contribution in [0, 0.1) is 6.92 Å². The van der Waals surface area contributed by atoms with Gasteiger partial charge in [0.1, 0.15) is 0 Å². The third-order valence-corrected chi connectivity index (χ3v) is 4.22. The van der Waals surface area contributed by atoms with Gasteiger partial charge in [-0.05, 0) is 52.2 Å². The molecule has 0 unspecified atom stereocenters. The molecule has 0 aliphatic heterocycles. The van der Waals surface area contributed by atoms with E-state index in [0.717, 1.165) is 24.3 Å². The SMILES string of the molecule is Cc1ccc(CNCc2ccc(Br)s2)cc1N.